The number of hydrogen-bond donors (Lipinski definition) is 0. The van der Waals surface area contributed by atoms with Gasteiger partial charge in [-0.3, -0.25) is 0 Å². The van der Waals surface area contributed by atoms with Crippen molar-refractivity contribution in [2.75, 3.05) is 0 Å². The maximum atomic E-state index is 2.49. The minimum absolute atomic E-state index is 0.460. The molecule has 0 saturated heterocycles. The molecule has 0 aliphatic rings. The first-order chi connectivity index (χ1) is 9.55. The smallest absolute Gasteiger partial charge is 0.0908 e. The highest BCUT2D eigenvalue weighted by Crippen LogP contribution is 2.39. The van der Waals surface area contributed by atoms with Crippen molar-refractivity contribution in [1.82, 2.24) is 0 Å². The molecule has 0 aromatic heterocycles. The van der Waals surface area contributed by atoms with Crippen LogP contribution in [0.25, 0.3) is 0 Å². The lowest BCUT2D eigenvalue weighted by Gasteiger charge is -2.36. The van der Waals surface area contributed by atoms with Gasteiger partial charge in [-0.15, -0.1) is 0 Å². The molecule has 0 radical (unpaired) electrons. The molecule has 0 rings (SSSR count). The maximum Gasteiger partial charge on any atom is 0.262 e. The zero-order chi connectivity index (χ0) is 17.9. The predicted octanol–water partition coefficient (Wildman–Crippen LogP) is 7.53. The summed E-state index contributed by atoms with van der Waals surface area (Å²) in [5.74, 6) is 2.55. The molecule has 0 heterocycles. The monoisotopic (exact) mass is 324 g/mol. The summed E-state index contributed by atoms with van der Waals surface area (Å²) in [4.78, 5) is 0. The summed E-state index contributed by atoms with van der Waals surface area (Å²) in [6.45, 7) is 29.3. The summed E-state index contributed by atoms with van der Waals surface area (Å²) in [6.07, 6.45) is 0. The average molecular weight is 325 g/mol. The van der Waals surface area contributed by atoms with E-state index in [4.69, 9.17) is 0 Å². The molecule has 0 aromatic carbocycles. The van der Waals surface area contributed by atoms with Gasteiger partial charge in [-0.25, -0.2) is 0 Å². The molecule has 0 bridgehead atoms. The van der Waals surface area contributed by atoms with E-state index in [1.165, 1.54) is 15.8 Å². The Morgan fingerprint density at radius 2 is 0.682 bits per heavy atom. The fourth-order valence-corrected chi connectivity index (χ4v) is 8.55. The van der Waals surface area contributed by atoms with E-state index >= 15 is 0 Å². The van der Waals surface area contributed by atoms with Crippen LogP contribution >= 0.6 is 0 Å². The second kappa shape index (κ2) is 8.07. The largest absolute Gasteiger partial charge is 0.262 e. The van der Waals surface area contributed by atoms with Crippen molar-refractivity contribution < 1.29 is 0 Å². The topological polar surface area (TPSA) is 0 Å². The predicted molar refractivity (Wildman–Crippen MR) is 106 cm³/mol. The Kier molecular flexibility index (Phi) is 8.27. The fourth-order valence-electron chi connectivity index (χ4n) is 2.85. The standard InChI is InChI=1S/3C7H15.Al/c3*1-6(2)7(3,4)5;/h3*6H,1H2,2-5H3;/t3*6-;/m000./s1. The van der Waals surface area contributed by atoms with E-state index in [9.17, 15) is 0 Å². The van der Waals surface area contributed by atoms with Crippen molar-refractivity contribution >= 4 is 14.1 Å². The van der Waals surface area contributed by atoms with Gasteiger partial charge in [0.1, 0.15) is 0 Å². The molecule has 0 N–H and O–H groups in total. The highest BCUT2D eigenvalue weighted by atomic mass is 27.2. The SMILES string of the molecule is C[C@H]([CH2][Al]([CH2][C@@H](C)C(C)(C)C)[CH2][C@@H](C)C(C)(C)C)C(C)(C)C. The van der Waals surface area contributed by atoms with Crippen LogP contribution < -0.4 is 0 Å². The average Bonchev–Trinajstić information content (AvgIpc) is 2.24. The summed E-state index contributed by atoms with van der Waals surface area (Å²) in [7, 11) is 0. The first-order valence-corrected chi connectivity index (χ1v) is 12.0. The van der Waals surface area contributed by atoms with Crippen LogP contribution in [0.1, 0.15) is 83.1 Å². The third kappa shape index (κ3) is 8.40. The molecule has 0 spiro atoms. The molecule has 132 valence electrons. The lowest BCUT2D eigenvalue weighted by atomic mass is 9.83. The van der Waals surface area contributed by atoms with Gasteiger partial charge in [0.25, 0.3) is 14.1 Å². The molecule has 1 heteroatoms. The molecular weight excluding hydrogens is 279 g/mol. The quantitative estimate of drug-likeness (QED) is 0.443. The van der Waals surface area contributed by atoms with E-state index in [1.54, 1.807) is 0 Å². The van der Waals surface area contributed by atoms with Gasteiger partial charge < -0.3 is 0 Å². The molecule has 0 saturated carbocycles. The van der Waals surface area contributed by atoms with E-state index in [1.807, 2.05) is 0 Å². The van der Waals surface area contributed by atoms with Crippen molar-refractivity contribution in [2.45, 2.75) is 98.9 Å². The summed E-state index contributed by atoms with van der Waals surface area (Å²) in [6, 6.07) is 0. The van der Waals surface area contributed by atoms with Gasteiger partial charge in [0, 0.05) is 0 Å². The van der Waals surface area contributed by atoms with Crippen LogP contribution in [0, 0.1) is 34.0 Å². The molecule has 0 aliphatic heterocycles. The lowest BCUT2D eigenvalue weighted by Crippen LogP contribution is -2.32. The molecule has 3 atom stereocenters. The van der Waals surface area contributed by atoms with E-state index in [-0.39, 0.29) is 0 Å². The number of rotatable bonds is 6. The van der Waals surface area contributed by atoms with Crippen molar-refractivity contribution in [1.29, 1.82) is 0 Å². The van der Waals surface area contributed by atoms with E-state index in [0.29, 0.717) is 16.2 Å². The zero-order valence-corrected chi connectivity index (χ0v) is 19.1. The van der Waals surface area contributed by atoms with Gasteiger partial charge in [-0.2, -0.15) is 0 Å². The second-order valence-electron chi connectivity index (χ2n) is 11.4. The van der Waals surface area contributed by atoms with Gasteiger partial charge in [0.2, 0.25) is 0 Å². The van der Waals surface area contributed by atoms with Crippen molar-refractivity contribution in [2.24, 2.45) is 34.0 Å². The van der Waals surface area contributed by atoms with Crippen LogP contribution in [0.5, 0.6) is 0 Å². The van der Waals surface area contributed by atoms with Gasteiger partial charge >= 0.3 is 0 Å². The second-order valence-corrected chi connectivity index (χ2v) is 14.5. The molecule has 0 aromatic rings. The summed E-state index contributed by atoms with van der Waals surface area (Å²) >= 11 is -0.707. The van der Waals surface area contributed by atoms with Crippen molar-refractivity contribution in [3.05, 3.63) is 0 Å². The third-order valence-electron chi connectivity index (χ3n) is 6.50. The van der Waals surface area contributed by atoms with Crippen LogP contribution in [0.3, 0.4) is 0 Å². The van der Waals surface area contributed by atoms with Crippen LogP contribution in [0.15, 0.2) is 0 Å². The Balaban J connectivity index is 5.00. The van der Waals surface area contributed by atoms with Gasteiger partial charge in [-0.05, 0) is 16.2 Å². The Morgan fingerprint density at radius 3 is 0.818 bits per heavy atom. The minimum atomic E-state index is -0.707. The van der Waals surface area contributed by atoms with E-state index < -0.39 is 14.1 Å². The van der Waals surface area contributed by atoms with Crippen LogP contribution in [-0.4, -0.2) is 14.1 Å². The Hall–Kier alpha value is 0.532. The van der Waals surface area contributed by atoms with Crippen molar-refractivity contribution in [3.63, 3.8) is 0 Å². The van der Waals surface area contributed by atoms with E-state index in [2.05, 4.69) is 83.1 Å². The molecule has 0 amide bonds. The summed E-state index contributed by atoms with van der Waals surface area (Å²) < 4.78 is 0. The van der Waals surface area contributed by atoms with Crippen LogP contribution in [0.4, 0.5) is 0 Å². The third-order valence-corrected chi connectivity index (χ3v) is 10.6. The van der Waals surface area contributed by atoms with Crippen molar-refractivity contribution in [3.8, 4) is 0 Å². The lowest BCUT2D eigenvalue weighted by molar-refractivity contribution is 0.262. The minimum Gasteiger partial charge on any atom is -0.0908 e. The van der Waals surface area contributed by atoms with Crippen LogP contribution in [0.2, 0.25) is 15.8 Å². The van der Waals surface area contributed by atoms with Crippen LogP contribution in [-0.2, 0) is 0 Å². The van der Waals surface area contributed by atoms with Gasteiger partial charge in [-0.1, -0.05) is 117 Å². The Bertz CT molecular complexity index is 258. The molecular formula is C21H45Al. The normalized spacial score (nSPS) is 18.0. The Morgan fingerprint density at radius 1 is 0.500 bits per heavy atom. The molecule has 0 nitrogen and oxygen atoms in total. The summed E-state index contributed by atoms with van der Waals surface area (Å²) in [5, 5.41) is 4.55. The fraction of sp³-hybridized carbons (Fsp3) is 1.00. The number of hydrogen-bond acceptors (Lipinski definition) is 0. The summed E-state index contributed by atoms with van der Waals surface area (Å²) in [5.41, 5.74) is 1.38. The highest BCUT2D eigenvalue weighted by molar-refractivity contribution is 6.59. The molecule has 0 aliphatic carbocycles. The van der Waals surface area contributed by atoms with Gasteiger partial charge in [0.05, 0.1) is 0 Å². The highest BCUT2D eigenvalue weighted by Gasteiger charge is 2.34. The molecule has 22 heavy (non-hydrogen) atoms. The molecule has 0 fully saturated rings. The first-order valence-electron chi connectivity index (χ1n) is 9.55. The first kappa shape index (κ1) is 22.5. The van der Waals surface area contributed by atoms with Gasteiger partial charge in [0.15, 0.2) is 0 Å². The Labute approximate surface area is 147 Å². The molecule has 0 unspecified atom stereocenters. The maximum absolute atomic E-state index is 2.49. The zero-order valence-electron chi connectivity index (χ0n) is 17.9. The van der Waals surface area contributed by atoms with E-state index in [0.717, 1.165) is 17.8 Å².